The highest BCUT2D eigenvalue weighted by molar-refractivity contribution is 7.88. The molecule has 1 N–H and O–H groups in total. The van der Waals surface area contributed by atoms with Crippen LogP contribution in [0.5, 0.6) is 0 Å². The van der Waals surface area contributed by atoms with Gasteiger partial charge in [-0.15, -0.1) is 0 Å². The zero-order valence-electron chi connectivity index (χ0n) is 13.0. The maximum atomic E-state index is 11.7. The first-order chi connectivity index (χ1) is 9.88. The summed E-state index contributed by atoms with van der Waals surface area (Å²) >= 11 is 0. The molecule has 122 valence electrons. The van der Waals surface area contributed by atoms with Crippen molar-refractivity contribution >= 4 is 15.9 Å². The Hall–Kier alpha value is -0.660. The van der Waals surface area contributed by atoms with Gasteiger partial charge >= 0.3 is 0 Å². The third-order valence-corrected chi connectivity index (χ3v) is 5.28. The minimum absolute atomic E-state index is 0.183. The molecule has 2 aliphatic rings. The molecule has 0 aromatic rings. The molecule has 0 bridgehead atoms. The molecule has 0 unspecified atom stereocenters. The number of rotatable bonds is 6. The minimum Gasteiger partial charge on any atom is -0.338 e. The Morgan fingerprint density at radius 1 is 1.19 bits per heavy atom. The van der Waals surface area contributed by atoms with Gasteiger partial charge in [-0.1, -0.05) is 0 Å². The van der Waals surface area contributed by atoms with Crippen LogP contribution in [-0.4, -0.2) is 68.6 Å². The minimum atomic E-state index is -3.09. The van der Waals surface area contributed by atoms with Crippen LogP contribution in [0, 0.1) is 0 Å². The lowest BCUT2D eigenvalue weighted by Crippen LogP contribution is -2.48. The normalized spacial score (nSPS) is 27.4. The number of nitrogens with one attached hydrogen (secondary N) is 1. The molecule has 0 radical (unpaired) electrons. The molecule has 2 fully saturated rings. The molecule has 2 heterocycles. The summed E-state index contributed by atoms with van der Waals surface area (Å²) in [6.07, 6.45) is 6.53. The Bertz CT molecular complexity index is 466. The van der Waals surface area contributed by atoms with Gasteiger partial charge in [-0.05, 0) is 45.2 Å². The predicted octanol–water partition coefficient (Wildman–Crippen LogP) is 0.401. The van der Waals surface area contributed by atoms with E-state index < -0.39 is 10.0 Å². The number of nitrogens with zero attached hydrogens (tertiary/aromatic N) is 2. The Morgan fingerprint density at radius 3 is 2.52 bits per heavy atom. The van der Waals surface area contributed by atoms with Gasteiger partial charge in [0.15, 0.2) is 0 Å². The fourth-order valence-corrected chi connectivity index (χ4v) is 4.20. The molecule has 0 saturated carbocycles. The van der Waals surface area contributed by atoms with Crippen LogP contribution in [0.4, 0.5) is 0 Å². The fourth-order valence-electron chi connectivity index (χ4n) is 3.69. The van der Waals surface area contributed by atoms with E-state index in [4.69, 9.17) is 0 Å². The van der Waals surface area contributed by atoms with E-state index in [0.29, 0.717) is 18.6 Å². The molecule has 2 rings (SSSR count). The van der Waals surface area contributed by atoms with Gasteiger partial charge in [0.1, 0.15) is 0 Å². The maximum absolute atomic E-state index is 11.7. The largest absolute Gasteiger partial charge is 0.338 e. The number of hydrogen-bond donors (Lipinski definition) is 1. The highest BCUT2D eigenvalue weighted by atomic mass is 32.2. The third-order valence-electron chi connectivity index (χ3n) is 4.55. The van der Waals surface area contributed by atoms with Crippen LogP contribution in [0.25, 0.3) is 0 Å². The quantitative estimate of drug-likeness (QED) is 0.720. The van der Waals surface area contributed by atoms with Crippen molar-refractivity contribution in [2.45, 2.75) is 51.1 Å². The average Bonchev–Trinajstić information content (AvgIpc) is 3.01. The van der Waals surface area contributed by atoms with Crippen LogP contribution in [0.3, 0.4) is 0 Å². The molecule has 7 heteroatoms. The van der Waals surface area contributed by atoms with Crippen LogP contribution in [0.15, 0.2) is 0 Å². The van der Waals surface area contributed by atoms with E-state index in [-0.39, 0.29) is 5.91 Å². The van der Waals surface area contributed by atoms with E-state index in [1.54, 1.807) is 6.92 Å². The van der Waals surface area contributed by atoms with Gasteiger partial charge in [0.2, 0.25) is 15.9 Å². The van der Waals surface area contributed by atoms with Crippen molar-refractivity contribution in [3.63, 3.8) is 0 Å². The number of sulfonamides is 1. The summed E-state index contributed by atoms with van der Waals surface area (Å²) in [5.74, 6) is 0.183. The molecule has 0 spiro atoms. The second kappa shape index (κ2) is 7.07. The first kappa shape index (κ1) is 16.7. The van der Waals surface area contributed by atoms with E-state index in [9.17, 15) is 13.2 Å². The van der Waals surface area contributed by atoms with E-state index in [2.05, 4.69) is 9.62 Å². The number of likely N-dealkylation sites (tertiary alicyclic amines) is 2. The van der Waals surface area contributed by atoms with Crippen molar-refractivity contribution in [2.75, 3.05) is 32.4 Å². The van der Waals surface area contributed by atoms with Crippen molar-refractivity contribution in [3.8, 4) is 0 Å². The first-order valence-electron chi connectivity index (χ1n) is 7.84. The standard InChI is InChI=1S/C14H27N3O3S/c1-12(18)17-11-4-7-14(17)13-6-3-9-16(13)10-5-8-15-21(2,19)20/h13-15H,3-11H2,1-2H3/t13-,14+/m0/s1. The SMILES string of the molecule is CC(=O)N1CCC[C@@H]1[C@@H]1CCCN1CCCNS(C)(=O)=O. The number of carbonyl (C=O) groups is 1. The molecule has 0 aromatic heterocycles. The molecule has 2 atom stereocenters. The molecule has 1 amide bonds. The van der Waals surface area contributed by atoms with E-state index in [0.717, 1.165) is 45.3 Å². The van der Waals surface area contributed by atoms with Crippen LogP contribution in [-0.2, 0) is 14.8 Å². The molecular formula is C14H27N3O3S. The van der Waals surface area contributed by atoms with Gasteiger partial charge in [-0.25, -0.2) is 13.1 Å². The molecule has 2 saturated heterocycles. The predicted molar refractivity (Wildman–Crippen MR) is 82.5 cm³/mol. The second-order valence-corrected chi connectivity index (χ2v) is 8.02. The van der Waals surface area contributed by atoms with Crippen LogP contribution < -0.4 is 4.72 Å². The number of amides is 1. The summed E-state index contributed by atoms with van der Waals surface area (Å²) in [6.45, 7) is 5.00. The van der Waals surface area contributed by atoms with Crippen molar-refractivity contribution in [3.05, 3.63) is 0 Å². The van der Waals surface area contributed by atoms with Crippen molar-refractivity contribution in [1.82, 2.24) is 14.5 Å². The summed E-state index contributed by atoms with van der Waals surface area (Å²) in [5.41, 5.74) is 0. The first-order valence-corrected chi connectivity index (χ1v) is 9.73. The lowest BCUT2D eigenvalue weighted by atomic mass is 10.0. The molecule has 0 aromatic carbocycles. The van der Waals surface area contributed by atoms with Gasteiger partial charge in [0.25, 0.3) is 0 Å². The number of hydrogen-bond acceptors (Lipinski definition) is 4. The maximum Gasteiger partial charge on any atom is 0.219 e. The summed E-state index contributed by atoms with van der Waals surface area (Å²) in [6, 6.07) is 0.808. The van der Waals surface area contributed by atoms with Gasteiger partial charge in [-0.2, -0.15) is 0 Å². The van der Waals surface area contributed by atoms with Gasteiger partial charge in [-0.3, -0.25) is 9.69 Å². The van der Waals surface area contributed by atoms with Crippen molar-refractivity contribution in [2.24, 2.45) is 0 Å². The summed E-state index contributed by atoms with van der Waals surface area (Å²) < 4.78 is 24.6. The second-order valence-electron chi connectivity index (χ2n) is 6.19. The lowest BCUT2D eigenvalue weighted by molar-refractivity contribution is -0.130. The summed E-state index contributed by atoms with van der Waals surface area (Å²) in [7, 11) is -3.09. The molecule has 6 nitrogen and oxygen atoms in total. The van der Waals surface area contributed by atoms with Crippen molar-refractivity contribution < 1.29 is 13.2 Å². The smallest absolute Gasteiger partial charge is 0.219 e. The molecule has 2 aliphatic heterocycles. The third kappa shape index (κ3) is 4.66. The highest BCUT2D eigenvalue weighted by Crippen LogP contribution is 2.30. The van der Waals surface area contributed by atoms with E-state index in [1.165, 1.54) is 12.7 Å². The van der Waals surface area contributed by atoms with Crippen LogP contribution >= 0.6 is 0 Å². The molecule has 21 heavy (non-hydrogen) atoms. The number of carbonyl (C=O) groups excluding carboxylic acids is 1. The Balaban J connectivity index is 1.84. The lowest BCUT2D eigenvalue weighted by Gasteiger charge is -2.34. The van der Waals surface area contributed by atoms with Crippen LogP contribution in [0.2, 0.25) is 0 Å². The van der Waals surface area contributed by atoms with Gasteiger partial charge in [0.05, 0.1) is 6.26 Å². The highest BCUT2D eigenvalue weighted by Gasteiger charge is 2.38. The average molecular weight is 317 g/mol. The fraction of sp³-hybridized carbons (Fsp3) is 0.929. The van der Waals surface area contributed by atoms with E-state index >= 15 is 0 Å². The Labute approximate surface area is 127 Å². The summed E-state index contributed by atoms with van der Waals surface area (Å²) in [5, 5.41) is 0. The van der Waals surface area contributed by atoms with Crippen molar-refractivity contribution in [1.29, 1.82) is 0 Å². The zero-order valence-corrected chi connectivity index (χ0v) is 13.9. The summed E-state index contributed by atoms with van der Waals surface area (Å²) in [4.78, 5) is 16.2. The molecule has 0 aliphatic carbocycles. The van der Waals surface area contributed by atoms with Crippen LogP contribution in [0.1, 0.15) is 39.0 Å². The molecular weight excluding hydrogens is 290 g/mol. The monoisotopic (exact) mass is 317 g/mol. The van der Waals surface area contributed by atoms with Gasteiger partial charge < -0.3 is 4.90 Å². The van der Waals surface area contributed by atoms with Gasteiger partial charge in [0, 0.05) is 32.1 Å². The Kier molecular flexibility index (Phi) is 5.62. The van der Waals surface area contributed by atoms with E-state index in [1.807, 2.05) is 4.90 Å². The zero-order chi connectivity index (χ0) is 15.5. The Morgan fingerprint density at radius 2 is 1.86 bits per heavy atom. The topological polar surface area (TPSA) is 69.7 Å².